The fourth-order valence-corrected chi connectivity index (χ4v) is 22.4. The summed E-state index contributed by atoms with van der Waals surface area (Å²) in [6.07, 6.45) is 0. The minimum Gasteiger partial charge on any atom is -0.456 e. The standard InChI is InChI=1S/2C47H32O.C40H24O/c1-47(2)39-24-9-7-20-36(39)45-31(22-12-25-40(45)47)29-14-11-15-30(28-29)43-32-16-3-5-18-34(32)44(35-19-6-4-17-33(35)43)38-23-13-27-42-46(38)37-21-8-10-26-41(37)48-42;1-47(2)39-21-9-7-17-36(39)45-31(19-11-22-40(45)47)29-25-27-30(28-26-29)43-32-13-3-5-15-34(32)44(35-16-6-4-14-33(35)43)38-20-12-24-42-46(38)37-18-8-10-23-41(37)48-42;1-2-13-26-25(12-1)24-35(28-15-4-3-14-27(26)28)39-31-18-7-5-16-29(31)38(30-17-6-8-19-32(30)39)34-21-11-23-37-40(34)33-20-9-10-22-36(33)41-37/h2*3-28H,1-2H3;1-24H/i3D,4D,5D,6D,16D,17D,18D,19D;3D,4D,5D,6D,13D,14D,15D,16D;5D,6D,7D,8D,16D,17D,18D,19D. The zero-order chi connectivity index (χ0) is 112. The van der Waals surface area contributed by atoms with E-state index in [2.05, 4.69) is 107 Å². The van der Waals surface area contributed by atoms with Crippen LogP contribution in [-0.2, 0) is 10.8 Å². The molecule has 0 spiro atoms. The van der Waals surface area contributed by atoms with E-state index in [1.807, 2.05) is 218 Å². The average molecular weight is 1770 g/mol. The number of furan rings is 3. The molecule has 2 aliphatic rings. The molecule has 0 saturated carbocycles. The molecule has 3 nitrogen and oxygen atoms in total. The van der Waals surface area contributed by atoms with Crippen molar-refractivity contribution in [3.63, 3.8) is 0 Å². The zero-order valence-corrected chi connectivity index (χ0v) is 74.2. The highest BCUT2D eigenvalue weighted by atomic mass is 16.3. The molecule has 29 rings (SSSR count). The maximum Gasteiger partial charge on any atom is 0.136 e. The first-order chi connectivity index (χ1) is 77.5. The lowest BCUT2D eigenvalue weighted by Gasteiger charge is -2.21. The molecule has 0 saturated heterocycles. The van der Waals surface area contributed by atoms with Gasteiger partial charge >= 0.3 is 0 Å². The Labute approximate surface area is 826 Å². The van der Waals surface area contributed by atoms with Crippen molar-refractivity contribution in [1.29, 1.82) is 0 Å². The molecule has 27 aromatic rings. The van der Waals surface area contributed by atoms with Crippen LogP contribution >= 0.6 is 0 Å². The maximum atomic E-state index is 9.48. The molecular weight excluding hydrogens is 1660 g/mol. The van der Waals surface area contributed by atoms with Gasteiger partial charge in [0.1, 0.15) is 33.5 Å². The van der Waals surface area contributed by atoms with Crippen LogP contribution in [0.2, 0.25) is 0 Å². The monoisotopic (exact) mass is 1770 g/mol. The van der Waals surface area contributed by atoms with Gasteiger partial charge in [0.2, 0.25) is 0 Å². The number of hydrogen-bond acceptors (Lipinski definition) is 3. The van der Waals surface area contributed by atoms with Gasteiger partial charge in [-0.15, -0.1) is 0 Å². The van der Waals surface area contributed by atoms with Crippen molar-refractivity contribution in [2.24, 2.45) is 0 Å². The van der Waals surface area contributed by atoms with Crippen LogP contribution in [0.5, 0.6) is 0 Å². The Morgan fingerprint density at radius 2 is 0.438 bits per heavy atom. The van der Waals surface area contributed by atoms with Crippen LogP contribution in [0.25, 0.3) is 263 Å². The van der Waals surface area contributed by atoms with Crippen LogP contribution in [0, 0.1) is 0 Å². The Morgan fingerprint density at radius 3 is 0.847 bits per heavy atom. The van der Waals surface area contributed by atoms with Gasteiger partial charge in [-0.25, -0.2) is 0 Å². The van der Waals surface area contributed by atoms with E-state index in [-0.39, 0.29) is 148 Å². The van der Waals surface area contributed by atoms with Crippen molar-refractivity contribution in [3.8, 4) is 111 Å². The smallest absolute Gasteiger partial charge is 0.136 e. The number of para-hydroxylation sites is 3. The van der Waals surface area contributed by atoms with E-state index in [9.17, 15) is 16.4 Å². The van der Waals surface area contributed by atoms with Gasteiger partial charge in [0.15, 0.2) is 0 Å². The van der Waals surface area contributed by atoms with Gasteiger partial charge in [0.05, 0.1) is 32.9 Å². The summed E-state index contributed by atoms with van der Waals surface area (Å²) in [7, 11) is 0. The molecule has 642 valence electrons. The summed E-state index contributed by atoms with van der Waals surface area (Å²) in [5.41, 5.74) is 21.8. The molecule has 24 aromatic carbocycles. The Balaban J connectivity index is 0.000000117. The van der Waals surface area contributed by atoms with Gasteiger partial charge in [0, 0.05) is 43.1 Å². The average Bonchev–Trinajstić information content (AvgIpc) is 1.63. The van der Waals surface area contributed by atoms with Gasteiger partial charge in [-0.05, 0) is 268 Å². The van der Waals surface area contributed by atoms with E-state index in [0.29, 0.717) is 116 Å². The predicted octanol–water partition coefficient (Wildman–Crippen LogP) is 37.9. The molecule has 0 amide bonds. The lowest BCUT2D eigenvalue weighted by molar-refractivity contribution is 0.660. The van der Waals surface area contributed by atoms with Crippen molar-refractivity contribution < 1.29 is 46.1 Å². The van der Waals surface area contributed by atoms with E-state index < -0.39 is 72.5 Å². The molecule has 137 heavy (non-hydrogen) atoms. The van der Waals surface area contributed by atoms with Gasteiger partial charge in [-0.2, -0.15) is 0 Å². The lowest BCUT2D eigenvalue weighted by atomic mass is 9.81. The second-order valence-electron chi connectivity index (χ2n) is 36.2. The highest BCUT2D eigenvalue weighted by Gasteiger charge is 2.39. The predicted molar refractivity (Wildman–Crippen MR) is 580 cm³/mol. The minimum absolute atomic E-state index is 0.169. The van der Waals surface area contributed by atoms with E-state index in [1.165, 1.54) is 33.4 Å². The molecule has 2 aliphatic carbocycles. The summed E-state index contributed by atoms with van der Waals surface area (Å²) in [4.78, 5) is 0. The summed E-state index contributed by atoms with van der Waals surface area (Å²) < 4.78 is 238. The molecule has 0 fully saturated rings. The molecule has 3 heterocycles. The highest BCUT2D eigenvalue weighted by molar-refractivity contribution is 6.31. The van der Waals surface area contributed by atoms with Crippen molar-refractivity contribution in [2.75, 3.05) is 0 Å². The van der Waals surface area contributed by atoms with Crippen molar-refractivity contribution in [3.05, 3.63) is 483 Å². The third-order valence-corrected chi connectivity index (χ3v) is 28.3. The van der Waals surface area contributed by atoms with E-state index >= 15 is 0 Å². The number of fused-ring (bicyclic) bond motifs is 24. The fourth-order valence-electron chi connectivity index (χ4n) is 22.4. The minimum atomic E-state index is -0.436. The van der Waals surface area contributed by atoms with Gasteiger partial charge in [-0.1, -0.05) is 440 Å². The summed E-state index contributed by atoms with van der Waals surface area (Å²) >= 11 is 0. The molecule has 0 N–H and O–H groups in total. The number of benzene rings is 24. The Hall–Kier alpha value is -17.2. The molecule has 0 unspecified atom stereocenters. The quantitative estimate of drug-likeness (QED) is 0.112. The largest absolute Gasteiger partial charge is 0.456 e. The Bertz CT molecular complexity index is 11100. The first-order valence-electron chi connectivity index (χ1n) is 57.7. The summed E-state index contributed by atoms with van der Waals surface area (Å²) in [5.74, 6) is 0. The zero-order valence-electron chi connectivity index (χ0n) is 98.2. The van der Waals surface area contributed by atoms with Crippen LogP contribution in [0.1, 0.15) is 82.8 Å². The summed E-state index contributed by atoms with van der Waals surface area (Å²) in [5, 5.41) is 10.1. The van der Waals surface area contributed by atoms with Gasteiger partial charge < -0.3 is 13.3 Å². The van der Waals surface area contributed by atoms with Gasteiger partial charge in [0.25, 0.3) is 0 Å². The van der Waals surface area contributed by atoms with Crippen LogP contribution in [-0.4, -0.2) is 0 Å². The second kappa shape index (κ2) is 31.2. The maximum absolute atomic E-state index is 9.48. The topological polar surface area (TPSA) is 39.4 Å². The molecule has 0 radical (unpaired) electrons. The van der Waals surface area contributed by atoms with Crippen molar-refractivity contribution in [2.45, 2.75) is 38.5 Å². The van der Waals surface area contributed by atoms with Crippen molar-refractivity contribution in [1.82, 2.24) is 0 Å². The van der Waals surface area contributed by atoms with E-state index in [0.717, 1.165) is 71.1 Å². The van der Waals surface area contributed by atoms with Crippen LogP contribution < -0.4 is 0 Å². The van der Waals surface area contributed by atoms with Crippen LogP contribution in [0.3, 0.4) is 0 Å². The van der Waals surface area contributed by atoms with Gasteiger partial charge in [-0.3, -0.25) is 0 Å². The first kappa shape index (κ1) is 58.6. The Morgan fingerprint density at radius 1 is 0.168 bits per heavy atom. The van der Waals surface area contributed by atoms with Crippen LogP contribution in [0.15, 0.2) is 474 Å². The lowest BCUT2D eigenvalue weighted by Crippen LogP contribution is -2.14. The summed E-state index contributed by atoms with van der Waals surface area (Å²) in [6, 6.07) is 92.8. The van der Waals surface area contributed by atoms with E-state index in [4.69, 9.17) is 29.7 Å². The van der Waals surface area contributed by atoms with E-state index in [1.54, 1.807) is 18.2 Å². The van der Waals surface area contributed by atoms with Crippen molar-refractivity contribution >= 4 is 152 Å². The molecule has 0 atom stereocenters. The molecular formula is C134H88O3. The molecule has 0 bridgehead atoms. The second-order valence-corrected chi connectivity index (χ2v) is 36.2. The summed E-state index contributed by atoms with van der Waals surface area (Å²) in [6.45, 7) is 8.93. The normalized spacial score (nSPS) is 15.4. The molecule has 3 heteroatoms. The highest BCUT2D eigenvalue weighted by Crippen LogP contribution is 2.58. The third kappa shape index (κ3) is 12.2. The number of hydrogen-bond donors (Lipinski definition) is 0. The molecule has 0 aliphatic heterocycles. The first-order valence-corrected chi connectivity index (χ1v) is 45.7. The SMILES string of the molecule is [2H]c1c([2H])c([2H])c2c(-c3cccc4oc5ccccc5c34)c3c([2H])c([2H])c([2H])c([2H])c3c(-c3cc4ccccc4c4ccccc34)c2c1[2H].[2H]c1c([2H])c([2H])c2c(-c3cccc4oc5ccccc5c34)c3c([2H])c([2H])c([2H])c([2H])c3c(-c3ccc(-c4cccc5c4-c4ccccc4C5(C)C)cc3)c2c1[2H].[2H]c1c([2H])c([2H])c2c(-c3cccc4oc5ccccc5c34)c3c([2H])c([2H])c([2H])c([2H])c3c(-c3cccc(-c4cccc5c4-c4ccccc4C5(C)C)c3)c2c1[2H]. The fraction of sp³-hybridized carbons (Fsp3) is 0.0448. The third-order valence-electron chi connectivity index (χ3n) is 28.3. The molecule has 3 aromatic heterocycles. The van der Waals surface area contributed by atoms with Crippen LogP contribution in [0.4, 0.5) is 0 Å². The number of rotatable bonds is 8. The Kier molecular flexibility index (Phi) is 13.3.